The zero-order chi connectivity index (χ0) is 18.8. The van der Waals surface area contributed by atoms with Crippen molar-refractivity contribution in [2.24, 2.45) is 13.0 Å². The van der Waals surface area contributed by atoms with Crippen LogP contribution in [0.15, 0.2) is 42.5 Å². The normalized spacial score (nSPS) is 14.6. The van der Waals surface area contributed by atoms with Gasteiger partial charge in [-0.1, -0.05) is 24.3 Å². The Morgan fingerprint density at radius 2 is 1.93 bits per heavy atom. The molecule has 0 aliphatic carbocycles. The van der Waals surface area contributed by atoms with E-state index in [4.69, 9.17) is 0 Å². The fraction of sp³-hybridized carbons (Fsp3) is 0.300. The number of aryl methyl sites for hydroxylation is 2. The minimum atomic E-state index is -0.187. The van der Waals surface area contributed by atoms with Crippen LogP contribution in [0.1, 0.15) is 5.56 Å². The highest BCUT2D eigenvalue weighted by molar-refractivity contribution is 5.94. The Morgan fingerprint density at radius 1 is 1.19 bits per heavy atom. The molecule has 7 heteroatoms. The molecule has 0 bridgehead atoms. The zero-order valence-electron chi connectivity index (χ0n) is 15.5. The van der Waals surface area contributed by atoms with E-state index in [0.29, 0.717) is 12.5 Å². The first-order valence-electron chi connectivity index (χ1n) is 9.14. The van der Waals surface area contributed by atoms with Gasteiger partial charge in [-0.15, -0.1) is 0 Å². The number of fused-ring (bicyclic) bond motifs is 1. The van der Waals surface area contributed by atoms with Crippen LogP contribution in [0, 0.1) is 12.8 Å². The summed E-state index contributed by atoms with van der Waals surface area (Å²) < 4.78 is 1.91. The minimum Gasteiger partial charge on any atom is -0.337 e. The van der Waals surface area contributed by atoms with Crippen molar-refractivity contribution in [1.82, 2.24) is 25.9 Å². The Morgan fingerprint density at radius 3 is 2.67 bits per heavy atom. The summed E-state index contributed by atoms with van der Waals surface area (Å²) in [7, 11) is 1.96. The van der Waals surface area contributed by atoms with Gasteiger partial charge in [0.2, 0.25) is 0 Å². The van der Waals surface area contributed by atoms with Crippen molar-refractivity contribution >= 4 is 22.6 Å². The van der Waals surface area contributed by atoms with Crippen LogP contribution >= 0.6 is 0 Å². The summed E-state index contributed by atoms with van der Waals surface area (Å²) in [6.45, 7) is 4.46. The first kappa shape index (κ1) is 17.5. The monoisotopic (exact) mass is 364 g/mol. The number of amides is 2. The zero-order valence-corrected chi connectivity index (χ0v) is 15.5. The van der Waals surface area contributed by atoms with Gasteiger partial charge >= 0.3 is 6.03 Å². The lowest BCUT2D eigenvalue weighted by Crippen LogP contribution is -2.34. The van der Waals surface area contributed by atoms with Crippen LogP contribution in [-0.2, 0) is 7.05 Å². The van der Waals surface area contributed by atoms with Crippen molar-refractivity contribution < 1.29 is 4.79 Å². The van der Waals surface area contributed by atoms with Crippen molar-refractivity contribution in [3.05, 3.63) is 48.0 Å². The number of benzene rings is 2. The second-order valence-corrected chi connectivity index (χ2v) is 7.03. The van der Waals surface area contributed by atoms with E-state index in [0.717, 1.165) is 40.9 Å². The van der Waals surface area contributed by atoms with Crippen LogP contribution < -0.4 is 21.5 Å². The van der Waals surface area contributed by atoms with Gasteiger partial charge in [0.25, 0.3) is 0 Å². The van der Waals surface area contributed by atoms with E-state index in [-0.39, 0.29) is 6.03 Å². The van der Waals surface area contributed by atoms with Gasteiger partial charge in [0, 0.05) is 49.2 Å². The Kier molecular flexibility index (Phi) is 4.79. The molecule has 0 unspecified atom stereocenters. The quantitative estimate of drug-likeness (QED) is 0.573. The maximum atomic E-state index is 12.1. The number of nitrogens with zero attached hydrogens (tertiary/aromatic N) is 2. The summed E-state index contributed by atoms with van der Waals surface area (Å²) in [6, 6.07) is 14.0. The maximum Gasteiger partial charge on any atom is 0.319 e. The lowest BCUT2D eigenvalue weighted by molar-refractivity contribution is 0.250. The SMILES string of the molecule is Cc1ccc2c(-c3ccc(NC(=O)NCC4CNNC4)cc3)nn(C)c2c1. The number of carbonyl (C=O) groups is 1. The van der Waals surface area contributed by atoms with E-state index in [9.17, 15) is 4.79 Å². The molecular weight excluding hydrogens is 340 g/mol. The second-order valence-electron chi connectivity index (χ2n) is 7.03. The summed E-state index contributed by atoms with van der Waals surface area (Å²) in [5.41, 5.74) is 11.2. The molecule has 0 saturated carbocycles. The third-order valence-electron chi connectivity index (χ3n) is 4.88. The van der Waals surface area contributed by atoms with Crippen molar-refractivity contribution in [2.75, 3.05) is 25.0 Å². The molecule has 1 fully saturated rings. The molecule has 2 aromatic carbocycles. The highest BCUT2D eigenvalue weighted by atomic mass is 16.2. The van der Waals surface area contributed by atoms with Gasteiger partial charge in [0.05, 0.1) is 5.52 Å². The molecule has 0 spiro atoms. The number of urea groups is 1. The van der Waals surface area contributed by atoms with E-state index in [1.807, 2.05) is 36.0 Å². The van der Waals surface area contributed by atoms with Gasteiger partial charge in [0.1, 0.15) is 5.69 Å². The largest absolute Gasteiger partial charge is 0.337 e. The number of hydrogen-bond acceptors (Lipinski definition) is 4. The van der Waals surface area contributed by atoms with Crippen molar-refractivity contribution in [1.29, 1.82) is 0 Å². The van der Waals surface area contributed by atoms with E-state index in [1.165, 1.54) is 5.56 Å². The van der Waals surface area contributed by atoms with Gasteiger partial charge in [-0.25, -0.2) is 4.79 Å². The van der Waals surface area contributed by atoms with Gasteiger partial charge < -0.3 is 10.6 Å². The van der Waals surface area contributed by atoms with Crippen molar-refractivity contribution in [3.8, 4) is 11.3 Å². The molecular formula is C20H24N6O. The molecule has 4 rings (SSSR count). The molecule has 2 amide bonds. The molecule has 27 heavy (non-hydrogen) atoms. The number of hydrogen-bond donors (Lipinski definition) is 4. The van der Waals surface area contributed by atoms with E-state index < -0.39 is 0 Å². The first-order valence-corrected chi connectivity index (χ1v) is 9.14. The number of anilines is 1. The van der Waals surface area contributed by atoms with E-state index >= 15 is 0 Å². The molecule has 3 aromatic rings. The molecule has 4 N–H and O–H groups in total. The molecule has 1 aliphatic heterocycles. The summed E-state index contributed by atoms with van der Waals surface area (Å²) in [5, 5.41) is 11.6. The average Bonchev–Trinajstić information content (AvgIpc) is 3.29. The Hall–Kier alpha value is -2.90. The standard InChI is InChI=1S/C20H24N6O/c1-13-3-8-17-18(9-13)26(2)25-19(17)15-4-6-16(7-5-15)24-20(27)21-10-14-11-22-23-12-14/h3-9,14,22-23H,10-12H2,1-2H3,(H2,21,24,27). The molecule has 0 radical (unpaired) electrons. The predicted molar refractivity (Wildman–Crippen MR) is 107 cm³/mol. The van der Waals surface area contributed by atoms with Crippen molar-refractivity contribution in [3.63, 3.8) is 0 Å². The smallest absolute Gasteiger partial charge is 0.319 e. The molecule has 1 aromatic heterocycles. The lowest BCUT2D eigenvalue weighted by atomic mass is 10.1. The second kappa shape index (κ2) is 7.38. The topological polar surface area (TPSA) is 83.0 Å². The maximum absolute atomic E-state index is 12.1. The summed E-state index contributed by atoms with van der Waals surface area (Å²) in [5.74, 6) is 0.416. The molecule has 2 heterocycles. The number of rotatable bonds is 4. The Balaban J connectivity index is 1.45. The summed E-state index contributed by atoms with van der Waals surface area (Å²) >= 11 is 0. The van der Waals surface area contributed by atoms with Crippen molar-refractivity contribution in [2.45, 2.75) is 6.92 Å². The Labute approximate surface area is 158 Å². The van der Waals surface area contributed by atoms with E-state index in [1.54, 1.807) is 0 Å². The molecule has 0 atom stereocenters. The molecule has 1 saturated heterocycles. The molecule has 140 valence electrons. The Bertz CT molecular complexity index is 957. The fourth-order valence-electron chi connectivity index (χ4n) is 3.35. The van der Waals surface area contributed by atoms with Crippen LogP contribution in [0.4, 0.5) is 10.5 Å². The average molecular weight is 364 g/mol. The summed E-state index contributed by atoms with van der Waals surface area (Å²) in [4.78, 5) is 12.1. The van der Waals surface area contributed by atoms with E-state index in [2.05, 4.69) is 51.7 Å². The summed E-state index contributed by atoms with van der Waals surface area (Å²) in [6.07, 6.45) is 0. The van der Waals surface area contributed by atoms with Gasteiger partial charge in [-0.05, 0) is 30.7 Å². The first-order chi connectivity index (χ1) is 13.1. The highest BCUT2D eigenvalue weighted by Crippen LogP contribution is 2.29. The third kappa shape index (κ3) is 3.79. The predicted octanol–water partition coefficient (Wildman–Crippen LogP) is 2.39. The number of carbonyl (C=O) groups excluding carboxylic acids is 1. The number of hydrazine groups is 1. The van der Waals surface area contributed by atoms with Crippen LogP contribution in [0.2, 0.25) is 0 Å². The minimum absolute atomic E-state index is 0.187. The lowest BCUT2D eigenvalue weighted by Gasteiger charge is -2.11. The van der Waals surface area contributed by atoms with Crippen LogP contribution in [0.25, 0.3) is 22.2 Å². The van der Waals surface area contributed by atoms with Gasteiger partial charge in [0.15, 0.2) is 0 Å². The van der Waals surface area contributed by atoms with Gasteiger partial charge in [-0.3, -0.25) is 15.5 Å². The molecule has 7 nitrogen and oxygen atoms in total. The van der Waals surface area contributed by atoms with Crippen LogP contribution in [0.3, 0.4) is 0 Å². The third-order valence-corrected chi connectivity index (χ3v) is 4.88. The van der Waals surface area contributed by atoms with Gasteiger partial charge in [-0.2, -0.15) is 5.10 Å². The highest BCUT2D eigenvalue weighted by Gasteiger charge is 2.15. The van der Waals surface area contributed by atoms with Crippen LogP contribution in [0.5, 0.6) is 0 Å². The van der Waals surface area contributed by atoms with Crippen LogP contribution in [-0.4, -0.2) is 35.4 Å². The molecule has 1 aliphatic rings. The fourth-order valence-corrected chi connectivity index (χ4v) is 3.35. The number of aromatic nitrogens is 2. The number of nitrogens with one attached hydrogen (secondary N) is 4.